The number of hydrogen-bond donors (Lipinski definition) is 3. The van der Waals surface area contributed by atoms with Crippen LogP contribution in [0.2, 0.25) is 10.0 Å². The van der Waals surface area contributed by atoms with E-state index in [4.69, 9.17) is 23.2 Å². The Kier molecular flexibility index (Phi) is 9.74. The van der Waals surface area contributed by atoms with Gasteiger partial charge in [-0.15, -0.1) is 0 Å². The first-order valence-corrected chi connectivity index (χ1v) is 17.5. The first-order chi connectivity index (χ1) is 19.9. The smallest absolute Gasteiger partial charge is 0.316 e. The molecule has 1 fully saturated rings. The van der Waals surface area contributed by atoms with Gasteiger partial charge >= 0.3 is 11.9 Å². The molecule has 1 aliphatic rings. The lowest BCUT2D eigenvalue weighted by molar-refractivity contribution is -0.138. The van der Waals surface area contributed by atoms with Gasteiger partial charge in [-0.3, -0.25) is 9.36 Å². The fourth-order valence-corrected chi connectivity index (χ4v) is 7.77. The number of aromatic nitrogens is 2. The summed E-state index contributed by atoms with van der Waals surface area (Å²) in [6, 6.07) is 3.42. The van der Waals surface area contributed by atoms with Gasteiger partial charge in [-0.25, -0.2) is 26.4 Å². The second kappa shape index (κ2) is 12.5. The van der Waals surface area contributed by atoms with Crippen molar-refractivity contribution in [3.8, 4) is 0 Å². The molecule has 236 valence electrons. The van der Waals surface area contributed by atoms with Crippen LogP contribution in [0.1, 0.15) is 36.5 Å². The second-order valence-electron chi connectivity index (χ2n) is 10.4. The van der Waals surface area contributed by atoms with Crippen LogP contribution in [-0.4, -0.2) is 57.5 Å². The molecular formula is C26H29Cl2F3N4O6S2. The molecule has 2 atom stereocenters. The van der Waals surface area contributed by atoms with E-state index in [-0.39, 0.29) is 32.7 Å². The van der Waals surface area contributed by atoms with Gasteiger partial charge in [-0.05, 0) is 73.7 Å². The van der Waals surface area contributed by atoms with Crippen molar-refractivity contribution < 1.29 is 30.0 Å². The number of H-pyrrole nitrogens is 1. The molecule has 17 heteroatoms. The number of halogens is 5. The van der Waals surface area contributed by atoms with Crippen molar-refractivity contribution in [3.63, 3.8) is 0 Å². The molecular weight excluding hydrogens is 656 g/mol. The van der Waals surface area contributed by atoms with E-state index in [1.807, 2.05) is 0 Å². The van der Waals surface area contributed by atoms with E-state index in [9.17, 15) is 39.6 Å². The van der Waals surface area contributed by atoms with Crippen LogP contribution < -0.4 is 21.3 Å². The molecule has 2 heterocycles. The van der Waals surface area contributed by atoms with E-state index < -0.39 is 77.8 Å². The normalized spacial score (nSPS) is 17.3. The van der Waals surface area contributed by atoms with E-state index in [0.717, 1.165) is 6.26 Å². The van der Waals surface area contributed by atoms with Gasteiger partial charge in [-0.2, -0.15) is 13.2 Å². The highest BCUT2D eigenvalue weighted by molar-refractivity contribution is 7.91. The van der Waals surface area contributed by atoms with Crippen molar-refractivity contribution in [2.24, 2.45) is 5.92 Å². The van der Waals surface area contributed by atoms with Crippen molar-refractivity contribution in [1.82, 2.24) is 19.6 Å². The molecule has 3 aromatic rings. The van der Waals surface area contributed by atoms with Crippen molar-refractivity contribution in [3.05, 3.63) is 71.8 Å². The number of benzene rings is 2. The summed E-state index contributed by atoms with van der Waals surface area (Å²) < 4.78 is 95.8. The van der Waals surface area contributed by atoms with Gasteiger partial charge in [0.1, 0.15) is 0 Å². The fourth-order valence-electron chi connectivity index (χ4n) is 5.31. The van der Waals surface area contributed by atoms with Gasteiger partial charge in [0.2, 0.25) is 10.0 Å². The van der Waals surface area contributed by atoms with Crippen LogP contribution in [0.5, 0.6) is 0 Å². The summed E-state index contributed by atoms with van der Waals surface area (Å²) in [6.45, 7) is 1.85. The number of piperidine rings is 1. The highest BCUT2D eigenvalue weighted by Crippen LogP contribution is 2.39. The zero-order chi connectivity index (χ0) is 31.9. The maximum absolute atomic E-state index is 14.4. The minimum absolute atomic E-state index is 0.00385. The Morgan fingerprint density at radius 2 is 1.84 bits per heavy atom. The molecule has 0 amide bonds. The summed E-state index contributed by atoms with van der Waals surface area (Å²) in [7, 11) is -7.65. The van der Waals surface area contributed by atoms with E-state index in [1.54, 1.807) is 0 Å². The van der Waals surface area contributed by atoms with Gasteiger partial charge in [-0.1, -0.05) is 30.1 Å². The van der Waals surface area contributed by atoms with E-state index in [0.29, 0.717) is 36.6 Å². The summed E-state index contributed by atoms with van der Waals surface area (Å²) in [5.41, 5.74) is -4.29. The molecule has 1 aliphatic heterocycles. The number of aromatic amines is 1. The number of fused-ring (bicyclic) bond motifs is 1. The lowest BCUT2D eigenvalue weighted by atomic mass is 9.86. The topological polar surface area (TPSA) is 147 Å². The summed E-state index contributed by atoms with van der Waals surface area (Å²) >= 11 is 12.5. The maximum Gasteiger partial charge on any atom is 0.416 e. The van der Waals surface area contributed by atoms with Crippen LogP contribution in [0.15, 0.2) is 38.8 Å². The highest BCUT2D eigenvalue weighted by Gasteiger charge is 2.38. The Labute approximate surface area is 255 Å². The number of alkyl halides is 3. The third-order valence-corrected chi connectivity index (χ3v) is 10.6. The second-order valence-corrected chi connectivity index (χ2v) is 15.3. The zero-order valence-corrected chi connectivity index (χ0v) is 26.2. The minimum atomic E-state index is -5.00. The van der Waals surface area contributed by atoms with Crippen LogP contribution >= 0.6 is 23.2 Å². The number of sulfone groups is 1. The Morgan fingerprint density at radius 3 is 2.42 bits per heavy atom. The lowest BCUT2D eigenvalue weighted by Crippen LogP contribution is -2.47. The van der Waals surface area contributed by atoms with E-state index >= 15 is 0 Å². The third-order valence-electron chi connectivity index (χ3n) is 7.39. The number of hydrogen-bond acceptors (Lipinski definition) is 7. The Bertz CT molecular complexity index is 1890. The molecule has 43 heavy (non-hydrogen) atoms. The molecule has 0 aliphatic carbocycles. The first-order valence-electron chi connectivity index (χ1n) is 13.2. The summed E-state index contributed by atoms with van der Waals surface area (Å²) in [6.07, 6.45) is -3.33. The van der Waals surface area contributed by atoms with Gasteiger partial charge in [0.15, 0.2) is 9.84 Å². The SMILES string of the molecule is CCS(=O)(=O)c1ccc(Cl)cc1Cn1c(=O)[nH]c2c(Cl)c(C[C@H](NS(C)(=O)=O)C3CCCNC3)c(C(F)(F)F)cc2c1=O. The first kappa shape index (κ1) is 33.5. The average molecular weight is 686 g/mol. The molecule has 1 saturated heterocycles. The molecule has 3 N–H and O–H groups in total. The van der Waals surface area contributed by atoms with Crippen LogP contribution in [0.4, 0.5) is 13.2 Å². The van der Waals surface area contributed by atoms with Crippen molar-refractivity contribution in [2.45, 2.75) is 49.8 Å². The molecule has 1 aromatic heterocycles. The Morgan fingerprint density at radius 1 is 1.14 bits per heavy atom. The van der Waals surface area contributed by atoms with E-state index in [2.05, 4.69) is 15.0 Å². The average Bonchev–Trinajstić information content (AvgIpc) is 2.91. The van der Waals surface area contributed by atoms with Crippen molar-refractivity contribution in [2.75, 3.05) is 25.1 Å². The number of rotatable bonds is 9. The standard InChI is InChI=1S/C26H29Cl2F3N4O6S2/c1-3-43(40,41)21-7-6-16(27)9-15(21)13-35-24(36)18-10-19(26(29,30)31)17(22(28)23(18)33-25(35)37)11-20(34-42(2,38)39)14-5-4-8-32-12-14/h6-7,9-10,14,20,32,34H,3-5,8,11-13H2,1-2H3,(H,33,37)/t14?,20-/m0/s1. The van der Waals surface area contributed by atoms with Crippen LogP contribution in [0.25, 0.3) is 10.9 Å². The summed E-state index contributed by atoms with van der Waals surface area (Å²) in [5, 5.41) is 2.12. The van der Waals surface area contributed by atoms with Gasteiger partial charge < -0.3 is 10.3 Å². The van der Waals surface area contributed by atoms with Crippen molar-refractivity contribution >= 4 is 54.0 Å². The summed E-state index contributed by atoms with van der Waals surface area (Å²) in [4.78, 5) is 28.8. The highest BCUT2D eigenvalue weighted by atomic mass is 35.5. The predicted molar refractivity (Wildman–Crippen MR) is 158 cm³/mol. The van der Waals surface area contributed by atoms with Gasteiger partial charge in [0.05, 0.1) is 44.9 Å². The van der Waals surface area contributed by atoms with Crippen LogP contribution in [-0.2, 0) is 39.0 Å². The molecule has 0 bridgehead atoms. The maximum atomic E-state index is 14.4. The Balaban J connectivity index is 1.91. The molecule has 0 radical (unpaired) electrons. The minimum Gasteiger partial charge on any atom is -0.316 e. The largest absolute Gasteiger partial charge is 0.416 e. The van der Waals surface area contributed by atoms with Crippen LogP contribution in [0, 0.1) is 5.92 Å². The lowest BCUT2D eigenvalue weighted by Gasteiger charge is -2.32. The number of sulfonamides is 1. The quantitative estimate of drug-likeness (QED) is 0.313. The summed E-state index contributed by atoms with van der Waals surface area (Å²) in [5.74, 6) is -0.640. The molecule has 10 nitrogen and oxygen atoms in total. The Hall–Kier alpha value is -2.43. The molecule has 0 saturated carbocycles. The van der Waals surface area contributed by atoms with Gasteiger partial charge in [0.25, 0.3) is 5.56 Å². The monoisotopic (exact) mass is 684 g/mol. The zero-order valence-electron chi connectivity index (χ0n) is 23.0. The van der Waals surface area contributed by atoms with E-state index in [1.165, 1.54) is 25.1 Å². The van der Waals surface area contributed by atoms with Crippen molar-refractivity contribution in [1.29, 1.82) is 0 Å². The fraction of sp³-hybridized carbons (Fsp3) is 0.462. The molecule has 4 rings (SSSR count). The predicted octanol–water partition coefficient (Wildman–Crippen LogP) is 3.32. The van der Waals surface area contributed by atoms with Gasteiger partial charge in [0, 0.05) is 11.1 Å². The molecule has 1 unspecified atom stereocenters. The number of nitrogens with zero attached hydrogens (tertiary/aromatic N) is 1. The third kappa shape index (κ3) is 7.45. The number of nitrogens with one attached hydrogen (secondary N) is 3. The molecule has 2 aromatic carbocycles. The van der Waals surface area contributed by atoms with Crippen LogP contribution in [0.3, 0.4) is 0 Å². The molecule has 0 spiro atoms.